The summed E-state index contributed by atoms with van der Waals surface area (Å²) in [4.78, 5) is 19.6. The van der Waals surface area contributed by atoms with Gasteiger partial charge >= 0.3 is 0 Å². The maximum absolute atomic E-state index is 13.2. The van der Waals surface area contributed by atoms with Crippen LogP contribution in [0.2, 0.25) is 0 Å². The van der Waals surface area contributed by atoms with E-state index in [-0.39, 0.29) is 5.91 Å². The van der Waals surface area contributed by atoms with Crippen LogP contribution in [0.1, 0.15) is 26.5 Å². The van der Waals surface area contributed by atoms with Gasteiger partial charge in [-0.15, -0.1) is 11.3 Å². The molecule has 0 saturated carbocycles. The molecule has 0 atom stereocenters. The summed E-state index contributed by atoms with van der Waals surface area (Å²) in [6.45, 7) is 3.06. The van der Waals surface area contributed by atoms with Crippen molar-refractivity contribution in [2.75, 3.05) is 28.6 Å². The Hall–Kier alpha value is -2.71. The lowest BCUT2D eigenvalue weighted by molar-refractivity contribution is 0.0989. The van der Waals surface area contributed by atoms with Crippen LogP contribution in [0.25, 0.3) is 11.3 Å². The fourth-order valence-electron chi connectivity index (χ4n) is 4.27. The minimum Gasteiger partial charge on any atom is -0.308 e. The van der Waals surface area contributed by atoms with Crippen molar-refractivity contribution in [1.82, 2.24) is 4.98 Å². The van der Waals surface area contributed by atoms with Crippen molar-refractivity contribution in [3.05, 3.63) is 63.5 Å². The molecule has 0 aliphatic carbocycles. The summed E-state index contributed by atoms with van der Waals surface area (Å²) < 4.78 is 25.3. The second kappa shape index (κ2) is 6.92. The maximum Gasteiger partial charge on any atom is 0.258 e. The fourth-order valence-corrected chi connectivity index (χ4v) is 5.85. The van der Waals surface area contributed by atoms with E-state index < -0.39 is 10.0 Å². The molecule has 154 valence electrons. The van der Waals surface area contributed by atoms with Crippen molar-refractivity contribution >= 4 is 38.6 Å². The van der Waals surface area contributed by atoms with E-state index in [1.165, 1.54) is 10.6 Å². The minimum atomic E-state index is -3.30. The summed E-state index contributed by atoms with van der Waals surface area (Å²) in [7, 11) is -3.30. The summed E-state index contributed by atoms with van der Waals surface area (Å²) in [5.74, 6) is -0.0494. The van der Waals surface area contributed by atoms with Crippen molar-refractivity contribution in [1.29, 1.82) is 0 Å². The second-order valence-corrected chi connectivity index (χ2v) is 10.7. The first-order valence-corrected chi connectivity index (χ1v) is 12.5. The molecule has 6 nitrogen and oxygen atoms in total. The van der Waals surface area contributed by atoms with Crippen molar-refractivity contribution in [3.63, 3.8) is 0 Å². The zero-order valence-corrected chi connectivity index (χ0v) is 18.4. The Balaban J connectivity index is 1.43. The van der Waals surface area contributed by atoms with Crippen molar-refractivity contribution in [2.24, 2.45) is 0 Å². The van der Waals surface area contributed by atoms with Crippen LogP contribution < -0.4 is 9.21 Å². The smallest absolute Gasteiger partial charge is 0.258 e. The molecule has 0 spiro atoms. The highest BCUT2D eigenvalue weighted by Gasteiger charge is 2.30. The Morgan fingerprint density at radius 1 is 1.03 bits per heavy atom. The number of anilines is 2. The first-order chi connectivity index (χ1) is 14.3. The molecule has 0 fully saturated rings. The van der Waals surface area contributed by atoms with Gasteiger partial charge in [0, 0.05) is 35.3 Å². The second-order valence-electron chi connectivity index (χ2n) is 7.73. The van der Waals surface area contributed by atoms with Crippen LogP contribution >= 0.6 is 11.3 Å². The third kappa shape index (κ3) is 3.20. The molecule has 1 amide bonds. The zero-order chi connectivity index (χ0) is 21.0. The van der Waals surface area contributed by atoms with Gasteiger partial charge in [-0.2, -0.15) is 0 Å². The number of nitrogens with zero attached hydrogens (tertiary/aromatic N) is 3. The Morgan fingerprint density at radius 3 is 2.50 bits per heavy atom. The third-order valence-corrected chi connectivity index (χ3v) is 7.67. The molecule has 2 aliphatic heterocycles. The third-order valence-electron chi connectivity index (χ3n) is 5.71. The molecule has 2 aromatic carbocycles. The van der Waals surface area contributed by atoms with E-state index in [4.69, 9.17) is 0 Å². The molecule has 0 saturated heterocycles. The molecule has 5 rings (SSSR count). The van der Waals surface area contributed by atoms with Gasteiger partial charge < -0.3 is 4.90 Å². The molecule has 0 radical (unpaired) electrons. The fraction of sp³-hybridized carbons (Fsp3) is 0.273. The van der Waals surface area contributed by atoms with E-state index in [9.17, 15) is 13.2 Å². The minimum absolute atomic E-state index is 0.0494. The molecular formula is C22H21N3O3S2. The predicted molar refractivity (Wildman–Crippen MR) is 120 cm³/mol. The van der Waals surface area contributed by atoms with Crippen LogP contribution in [-0.4, -0.2) is 38.7 Å². The topological polar surface area (TPSA) is 70.6 Å². The number of rotatable bonds is 3. The number of hydrogen-bond donors (Lipinski definition) is 0. The predicted octanol–water partition coefficient (Wildman–Crippen LogP) is 3.64. The summed E-state index contributed by atoms with van der Waals surface area (Å²) in [6.07, 6.45) is 2.64. The van der Waals surface area contributed by atoms with Gasteiger partial charge in [0.25, 0.3) is 5.91 Å². The van der Waals surface area contributed by atoms with Gasteiger partial charge in [0.15, 0.2) is 0 Å². The van der Waals surface area contributed by atoms with E-state index in [1.807, 2.05) is 30.0 Å². The SMILES string of the molecule is Cc1nc(-c2ccc3c(c2)CCN3C(=O)c2ccc3c(c2)CCN3S(C)(=O)=O)cs1. The van der Waals surface area contributed by atoms with Gasteiger partial charge in [0.05, 0.1) is 22.6 Å². The molecular weight excluding hydrogens is 418 g/mol. The number of carbonyl (C=O) groups is 1. The normalized spacial score (nSPS) is 15.4. The summed E-state index contributed by atoms with van der Waals surface area (Å²) in [5, 5.41) is 3.09. The highest BCUT2D eigenvalue weighted by atomic mass is 32.2. The first kappa shape index (κ1) is 19.3. The standard InChI is InChI=1S/C22H21N3O3S2/c1-14-23-19(13-29-14)15-3-5-20-16(11-15)7-9-24(20)22(26)18-4-6-21-17(12-18)8-10-25(21)30(2,27)28/h3-6,11-13H,7-10H2,1-2H3. The van der Waals surface area contributed by atoms with Crippen LogP contribution in [0.3, 0.4) is 0 Å². The Labute approximate surface area is 179 Å². The quantitative estimate of drug-likeness (QED) is 0.625. The number of benzene rings is 2. The van der Waals surface area contributed by atoms with Gasteiger partial charge in [-0.25, -0.2) is 13.4 Å². The van der Waals surface area contributed by atoms with Gasteiger partial charge in [-0.3, -0.25) is 9.10 Å². The average Bonchev–Trinajstić information content (AvgIpc) is 3.43. The van der Waals surface area contributed by atoms with E-state index in [1.54, 1.807) is 23.5 Å². The number of fused-ring (bicyclic) bond motifs is 2. The van der Waals surface area contributed by atoms with E-state index in [0.29, 0.717) is 30.8 Å². The molecule has 0 N–H and O–H groups in total. The lowest BCUT2D eigenvalue weighted by Crippen LogP contribution is -2.29. The van der Waals surface area contributed by atoms with Crippen LogP contribution in [0, 0.1) is 6.92 Å². The largest absolute Gasteiger partial charge is 0.308 e. The van der Waals surface area contributed by atoms with Crippen molar-refractivity contribution in [2.45, 2.75) is 19.8 Å². The number of hydrogen-bond acceptors (Lipinski definition) is 5. The lowest BCUT2D eigenvalue weighted by Gasteiger charge is -2.19. The number of aromatic nitrogens is 1. The van der Waals surface area contributed by atoms with Gasteiger partial charge in [0.1, 0.15) is 0 Å². The molecule has 30 heavy (non-hydrogen) atoms. The highest BCUT2D eigenvalue weighted by molar-refractivity contribution is 7.92. The van der Waals surface area contributed by atoms with Crippen LogP contribution in [0.4, 0.5) is 11.4 Å². The van der Waals surface area contributed by atoms with E-state index in [2.05, 4.69) is 16.4 Å². The number of carbonyl (C=O) groups excluding carboxylic acids is 1. The lowest BCUT2D eigenvalue weighted by atomic mass is 10.1. The number of aryl methyl sites for hydroxylation is 1. The number of amides is 1. The summed E-state index contributed by atoms with van der Waals surface area (Å²) in [6, 6.07) is 11.5. The number of sulfonamides is 1. The average molecular weight is 440 g/mol. The molecule has 3 heterocycles. The van der Waals surface area contributed by atoms with E-state index >= 15 is 0 Å². The van der Waals surface area contributed by atoms with Gasteiger partial charge in [-0.1, -0.05) is 6.07 Å². The Kier molecular flexibility index (Phi) is 4.44. The summed E-state index contributed by atoms with van der Waals surface area (Å²) >= 11 is 1.63. The van der Waals surface area contributed by atoms with Gasteiger partial charge in [0.2, 0.25) is 10.0 Å². The molecule has 1 aromatic heterocycles. The first-order valence-electron chi connectivity index (χ1n) is 9.79. The Bertz CT molecular complexity index is 1280. The maximum atomic E-state index is 13.2. The van der Waals surface area contributed by atoms with Crippen molar-refractivity contribution in [3.8, 4) is 11.3 Å². The van der Waals surface area contributed by atoms with E-state index in [0.717, 1.165) is 39.5 Å². The molecule has 0 bridgehead atoms. The molecule has 8 heteroatoms. The molecule has 0 unspecified atom stereocenters. The molecule has 3 aromatic rings. The van der Waals surface area contributed by atoms with Crippen molar-refractivity contribution < 1.29 is 13.2 Å². The molecule has 2 aliphatic rings. The van der Waals surface area contributed by atoms with Crippen LogP contribution in [0.5, 0.6) is 0 Å². The monoisotopic (exact) mass is 439 g/mol. The van der Waals surface area contributed by atoms with Gasteiger partial charge in [-0.05, 0) is 61.2 Å². The number of thiazole rings is 1. The zero-order valence-electron chi connectivity index (χ0n) is 16.8. The summed E-state index contributed by atoms with van der Waals surface area (Å²) in [5.41, 5.74) is 6.31. The van der Waals surface area contributed by atoms with Crippen LogP contribution in [0.15, 0.2) is 41.8 Å². The Morgan fingerprint density at radius 2 is 1.77 bits per heavy atom. The van der Waals surface area contributed by atoms with Crippen LogP contribution in [-0.2, 0) is 22.9 Å². The highest BCUT2D eigenvalue weighted by Crippen LogP contribution is 2.35.